The van der Waals surface area contributed by atoms with E-state index in [1.807, 2.05) is 11.8 Å². The molecular formula is C14H18N2S. The van der Waals surface area contributed by atoms with Crippen LogP contribution in [0.2, 0.25) is 0 Å². The van der Waals surface area contributed by atoms with Gasteiger partial charge in [-0.3, -0.25) is 0 Å². The summed E-state index contributed by atoms with van der Waals surface area (Å²) in [6.07, 6.45) is 3.94. The maximum absolute atomic E-state index is 5.83. The highest BCUT2D eigenvalue weighted by Crippen LogP contribution is 2.38. The first-order chi connectivity index (χ1) is 8.36. The van der Waals surface area contributed by atoms with Gasteiger partial charge in [0.1, 0.15) is 0 Å². The molecule has 17 heavy (non-hydrogen) atoms. The number of thioether (sulfide) groups is 1. The molecule has 2 nitrogen and oxygen atoms in total. The summed E-state index contributed by atoms with van der Waals surface area (Å²) in [5.74, 6) is 0.700. The average Bonchev–Trinajstić information content (AvgIpc) is 2.94. The normalized spacial score (nSPS) is 24.5. The molecule has 0 saturated heterocycles. The second kappa shape index (κ2) is 4.75. The number of benzene rings is 1. The molecule has 2 atom stereocenters. The predicted octanol–water partition coefficient (Wildman–Crippen LogP) is 3.39. The number of fused-ring (bicyclic) bond motifs is 1. The number of hydrogen-bond donors (Lipinski definition) is 2. The Bertz CT molecular complexity index is 473. The topological polar surface area (TPSA) is 41.8 Å². The fourth-order valence-corrected chi connectivity index (χ4v) is 4.12. The van der Waals surface area contributed by atoms with Gasteiger partial charge in [-0.2, -0.15) is 0 Å². The lowest BCUT2D eigenvalue weighted by Crippen LogP contribution is -2.20. The Labute approximate surface area is 106 Å². The fraction of sp³-hybridized carbons (Fsp3) is 0.429. The Morgan fingerprint density at radius 2 is 2.18 bits per heavy atom. The van der Waals surface area contributed by atoms with Crippen LogP contribution in [0.25, 0.3) is 10.9 Å². The van der Waals surface area contributed by atoms with Crippen molar-refractivity contribution in [2.24, 2.45) is 11.7 Å². The minimum absolute atomic E-state index is 0.700. The minimum Gasteiger partial charge on any atom is -0.350 e. The van der Waals surface area contributed by atoms with Gasteiger partial charge in [0.15, 0.2) is 0 Å². The zero-order valence-electron chi connectivity index (χ0n) is 9.86. The van der Waals surface area contributed by atoms with Crippen LogP contribution in [0.3, 0.4) is 0 Å². The van der Waals surface area contributed by atoms with Gasteiger partial charge >= 0.3 is 0 Å². The Balaban J connectivity index is 1.80. The summed E-state index contributed by atoms with van der Waals surface area (Å²) in [5, 5.41) is 3.29. The van der Waals surface area contributed by atoms with Crippen LogP contribution < -0.4 is 5.73 Å². The van der Waals surface area contributed by atoms with E-state index in [1.165, 1.54) is 35.2 Å². The van der Waals surface area contributed by atoms with Crippen molar-refractivity contribution < 1.29 is 0 Å². The van der Waals surface area contributed by atoms with Crippen molar-refractivity contribution >= 4 is 22.7 Å². The molecule has 1 saturated carbocycles. The van der Waals surface area contributed by atoms with Crippen molar-refractivity contribution in [2.75, 3.05) is 6.54 Å². The molecule has 0 radical (unpaired) electrons. The van der Waals surface area contributed by atoms with Crippen LogP contribution >= 0.6 is 11.8 Å². The van der Waals surface area contributed by atoms with E-state index >= 15 is 0 Å². The van der Waals surface area contributed by atoms with Crippen molar-refractivity contribution in [2.45, 2.75) is 29.5 Å². The van der Waals surface area contributed by atoms with Crippen molar-refractivity contribution in [1.82, 2.24) is 4.98 Å². The zero-order valence-corrected chi connectivity index (χ0v) is 10.7. The second-order valence-electron chi connectivity index (χ2n) is 4.80. The molecule has 3 N–H and O–H groups in total. The van der Waals surface area contributed by atoms with Gasteiger partial charge in [0.05, 0.1) is 5.03 Å². The maximum atomic E-state index is 5.83. The van der Waals surface area contributed by atoms with Crippen LogP contribution in [0, 0.1) is 5.92 Å². The van der Waals surface area contributed by atoms with Crippen molar-refractivity contribution in [3.8, 4) is 0 Å². The number of nitrogens with one attached hydrogen (secondary N) is 1. The Kier molecular flexibility index (Phi) is 3.12. The Morgan fingerprint density at radius 3 is 3.00 bits per heavy atom. The number of aromatic nitrogens is 1. The lowest BCUT2D eigenvalue weighted by Gasteiger charge is -2.15. The standard InChI is InChI=1S/C14H18N2S/c15-9-11-5-3-7-13(11)17-14-8-10-4-1-2-6-12(10)16-14/h1-2,4,6,8,11,13,16H,3,5,7,9,15H2. The van der Waals surface area contributed by atoms with Gasteiger partial charge in [-0.05, 0) is 37.4 Å². The molecule has 2 aromatic rings. The van der Waals surface area contributed by atoms with Gasteiger partial charge < -0.3 is 10.7 Å². The van der Waals surface area contributed by atoms with E-state index in [0.29, 0.717) is 11.2 Å². The lowest BCUT2D eigenvalue weighted by molar-refractivity contribution is 0.573. The molecule has 0 aliphatic heterocycles. The summed E-state index contributed by atoms with van der Waals surface area (Å²) in [6, 6.07) is 10.7. The number of aromatic amines is 1. The average molecular weight is 246 g/mol. The van der Waals surface area contributed by atoms with E-state index in [4.69, 9.17) is 5.73 Å². The van der Waals surface area contributed by atoms with Gasteiger partial charge in [0.25, 0.3) is 0 Å². The van der Waals surface area contributed by atoms with Crippen LogP contribution in [0.4, 0.5) is 0 Å². The number of para-hydroxylation sites is 1. The molecule has 3 heteroatoms. The third kappa shape index (κ3) is 2.22. The summed E-state index contributed by atoms with van der Waals surface area (Å²) in [4.78, 5) is 3.49. The second-order valence-corrected chi connectivity index (χ2v) is 6.08. The Morgan fingerprint density at radius 1 is 1.29 bits per heavy atom. The zero-order chi connectivity index (χ0) is 11.7. The van der Waals surface area contributed by atoms with Gasteiger partial charge in [-0.15, -0.1) is 11.8 Å². The highest BCUT2D eigenvalue weighted by molar-refractivity contribution is 7.99. The van der Waals surface area contributed by atoms with Gasteiger partial charge in [0.2, 0.25) is 0 Å². The largest absolute Gasteiger partial charge is 0.350 e. The van der Waals surface area contributed by atoms with Gasteiger partial charge in [0, 0.05) is 16.2 Å². The number of rotatable bonds is 3. The fourth-order valence-electron chi connectivity index (χ4n) is 2.70. The SMILES string of the molecule is NCC1CCCC1Sc1cc2ccccc2[nH]1. The van der Waals surface area contributed by atoms with Crippen LogP contribution in [-0.2, 0) is 0 Å². The molecule has 2 unspecified atom stereocenters. The van der Waals surface area contributed by atoms with E-state index in [1.54, 1.807) is 0 Å². The molecule has 0 bridgehead atoms. The monoisotopic (exact) mass is 246 g/mol. The maximum Gasteiger partial charge on any atom is 0.0735 e. The predicted molar refractivity (Wildman–Crippen MR) is 74.3 cm³/mol. The van der Waals surface area contributed by atoms with Gasteiger partial charge in [-0.1, -0.05) is 24.6 Å². The van der Waals surface area contributed by atoms with Crippen LogP contribution in [0.15, 0.2) is 35.4 Å². The highest BCUT2D eigenvalue weighted by Gasteiger charge is 2.27. The summed E-state index contributed by atoms with van der Waals surface area (Å²) >= 11 is 1.97. The van der Waals surface area contributed by atoms with Crippen LogP contribution in [-0.4, -0.2) is 16.8 Å². The molecular weight excluding hydrogens is 228 g/mol. The van der Waals surface area contributed by atoms with Crippen LogP contribution in [0.1, 0.15) is 19.3 Å². The van der Waals surface area contributed by atoms with Crippen molar-refractivity contribution in [3.63, 3.8) is 0 Å². The van der Waals surface area contributed by atoms with E-state index < -0.39 is 0 Å². The molecule has 1 heterocycles. The molecule has 0 spiro atoms. The Hall–Kier alpha value is -0.930. The molecule has 1 fully saturated rings. The molecule has 1 aliphatic rings. The molecule has 90 valence electrons. The molecule has 1 aromatic heterocycles. The minimum atomic E-state index is 0.700. The first-order valence-electron chi connectivity index (χ1n) is 6.31. The number of nitrogens with two attached hydrogens (primary N) is 1. The first-order valence-corrected chi connectivity index (χ1v) is 7.19. The summed E-state index contributed by atoms with van der Waals surface area (Å²) < 4.78 is 0. The van der Waals surface area contributed by atoms with Crippen molar-refractivity contribution in [3.05, 3.63) is 30.3 Å². The van der Waals surface area contributed by atoms with E-state index in [0.717, 1.165) is 6.54 Å². The van der Waals surface area contributed by atoms with Crippen molar-refractivity contribution in [1.29, 1.82) is 0 Å². The van der Waals surface area contributed by atoms with E-state index in [-0.39, 0.29) is 0 Å². The number of H-pyrrole nitrogens is 1. The third-order valence-electron chi connectivity index (χ3n) is 3.68. The number of hydrogen-bond acceptors (Lipinski definition) is 2. The van der Waals surface area contributed by atoms with Gasteiger partial charge in [-0.25, -0.2) is 0 Å². The molecule has 1 aliphatic carbocycles. The summed E-state index contributed by atoms with van der Waals surface area (Å²) in [5.41, 5.74) is 7.06. The summed E-state index contributed by atoms with van der Waals surface area (Å²) in [6.45, 7) is 0.831. The molecule has 1 aromatic carbocycles. The summed E-state index contributed by atoms with van der Waals surface area (Å²) in [7, 11) is 0. The third-order valence-corrected chi connectivity index (χ3v) is 5.07. The first kappa shape index (κ1) is 11.2. The molecule has 3 rings (SSSR count). The van der Waals surface area contributed by atoms with Crippen LogP contribution in [0.5, 0.6) is 0 Å². The smallest absolute Gasteiger partial charge is 0.0735 e. The molecule has 0 amide bonds. The van der Waals surface area contributed by atoms with E-state index in [2.05, 4.69) is 35.3 Å². The van der Waals surface area contributed by atoms with E-state index in [9.17, 15) is 0 Å². The lowest BCUT2D eigenvalue weighted by atomic mass is 10.1. The highest BCUT2D eigenvalue weighted by atomic mass is 32.2. The quantitative estimate of drug-likeness (QED) is 0.871.